The van der Waals surface area contributed by atoms with Crippen LogP contribution in [-0.4, -0.2) is 4.57 Å². The van der Waals surface area contributed by atoms with E-state index in [4.69, 9.17) is 0 Å². The van der Waals surface area contributed by atoms with Gasteiger partial charge in [0.1, 0.15) is 0 Å². The zero-order valence-electron chi connectivity index (χ0n) is 28.4. The largest absolute Gasteiger partial charge is 0.311 e. The Labute approximate surface area is 302 Å². The van der Waals surface area contributed by atoms with Gasteiger partial charge in [0.05, 0.1) is 11.0 Å². The van der Waals surface area contributed by atoms with Crippen LogP contribution in [0, 0.1) is 0 Å². The lowest BCUT2D eigenvalue weighted by molar-refractivity contribution is 1.17. The van der Waals surface area contributed by atoms with Gasteiger partial charge in [0.15, 0.2) is 0 Å². The number of nitrogens with zero attached hydrogens (tertiary/aromatic N) is 2. The standard InChI is InChI=1S/C50H32N2/c1-2-13-38(14-3-1)51(39-25-22-34(23-26-39)37-21-20-33-10-4-5-11-36(33)32-37)40-27-29-41(30-28-40)52-46-19-9-18-45-43-16-7-6-15-42(43)44-17-8-12-35-24-31-47(52)50(48(35)44)49(45)46/h1-32H. The van der Waals surface area contributed by atoms with Crippen molar-refractivity contribution in [2.24, 2.45) is 0 Å². The molecule has 0 saturated carbocycles. The van der Waals surface area contributed by atoms with Gasteiger partial charge in [-0.25, -0.2) is 0 Å². The fourth-order valence-corrected chi connectivity index (χ4v) is 8.55. The second-order valence-corrected chi connectivity index (χ2v) is 13.7. The Balaban J connectivity index is 1.05. The average Bonchev–Trinajstić information content (AvgIpc) is 3.50. The Bertz CT molecular complexity index is 2990. The van der Waals surface area contributed by atoms with Gasteiger partial charge in [0.2, 0.25) is 0 Å². The minimum Gasteiger partial charge on any atom is -0.311 e. The third-order valence-electron chi connectivity index (χ3n) is 10.9. The highest BCUT2D eigenvalue weighted by Gasteiger charge is 2.24. The summed E-state index contributed by atoms with van der Waals surface area (Å²) in [6.07, 6.45) is 0. The summed E-state index contributed by atoms with van der Waals surface area (Å²) in [5.74, 6) is 0. The third kappa shape index (κ3) is 4.31. The summed E-state index contributed by atoms with van der Waals surface area (Å²) < 4.78 is 2.45. The van der Waals surface area contributed by atoms with E-state index in [2.05, 4.69) is 204 Å². The van der Waals surface area contributed by atoms with Gasteiger partial charge in [0, 0.05) is 33.5 Å². The molecule has 52 heavy (non-hydrogen) atoms. The highest BCUT2D eigenvalue weighted by molar-refractivity contribution is 6.30. The van der Waals surface area contributed by atoms with Crippen molar-refractivity contribution in [2.45, 2.75) is 0 Å². The Morgan fingerprint density at radius 1 is 0.308 bits per heavy atom. The van der Waals surface area contributed by atoms with E-state index in [1.807, 2.05) is 0 Å². The predicted octanol–water partition coefficient (Wildman–Crippen LogP) is 13.9. The van der Waals surface area contributed by atoms with E-state index in [9.17, 15) is 0 Å². The molecule has 0 bridgehead atoms. The predicted molar refractivity (Wildman–Crippen MR) is 220 cm³/mol. The van der Waals surface area contributed by atoms with Crippen molar-refractivity contribution >= 4 is 60.4 Å². The number of anilines is 3. The fraction of sp³-hybridized carbons (Fsp3) is 0. The number of rotatable bonds is 5. The molecule has 11 rings (SSSR count). The van der Waals surface area contributed by atoms with E-state index >= 15 is 0 Å². The van der Waals surface area contributed by atoms with Gasteiger partial charge in [-0.05, 0) is 122 Å². The van der Waals surface area contributed by atoms with Gasteiger partial charge in [-0.3, -0.25) is 0 Å². The van der Waals surface area contributed by atoms with Crippen molar-refractivity contribution in [3.63, 3.8) is 0 Å². The van der Waals surface area contributed by atoms with Crippen LogP contribution in [0.5, 0.6) is 0 Å². The first-order valence-electron chi connectivity index (χ1n) is 17.9. The van der Waals surface area contributed by atoms with Crippen molar-refractivity contribution in [3.05, 3.63) is 194 Å². The van der Waals surface area contributed by atoms with E-state index in [0.29, 0.717) is 0 Å². The summed E-state index contributed by atoms with van der Waals surface area (Å²) in [5.41, 5.74) is 14.5. The molecule has 242 valence electrons. The molecule has 0 amide bonds. The number of fused-ring (bicyclic) bond motifs is 4. The average molecular weight is 661 g/mol. The van der Waals surface area contributed by atoms with Crippen molar-refractivity contribution in [3.8, 4) is 39.1 Å². The molecule has 0 spiro atoms. The summed E-state index contributed by atoms with van der Waals surface area (Å²) in [6.45, 7) is 0. The maximum Gasteiger partial charge on any atom is 0.0547 e. The summed E-state index contributed by atoms with van der Waals surface area (Å²) in [6, 6.07) is 70.9. The first-order chi connectivity index (χ1) is 25.8. The lowest BCUT2D eigenvalue weighted by Gasteiger charge is -2.26. The van der Waals surface area contributed by atoms with Crippen LogP contribution in [0.1, 0.15) is 0 Å². The molecule has 2 heteroatoms. The molecule has 0 atom stereocenters. The van der Waals surface area contributed by atoms with E-state index in [0.717, 1.165) is 22.7 Å². The van der Waals surface area contributed by atoms with Gasteiger partial charge >= 0.3 is 0 Å². The normalized spacial score (nSPS) is 11.8. The SMILES string of the molecule is c1ccc(N(c2ccc(-c3ccc4ccccc4c3)cc2)c2ccc(-n3c4cccc5c4c4c6c(cccc6ccc43)-c3ccccc3-5)cc2)cc1. The zero-order valence-corrected chi connectivity index (χ0v) is 28.4. The number of para-hydroxylation sites is 1. The smallest absolute Gasteiger partial charge is 0.0547 e. The Hall–Kier alpha value is -6.90. The quantitative estimate of drug-likeness (QED) is 0.178. The maximum absolute atomic E-state index is 2.45. The fourth-order valence-electron chi connectivity index (χ4n) is 8.55. The molecule has 2 nitrogen and oxygen atoms in total. The summed E-state index contributed by atoms with van der Waals surface area (Å²) in [4.78, 5) is 2.34. The lowest BCUT2D eigenvalue weighted by Crippen LogP contribution is -2.10. The minimum absolute atomic E-state index is 1.11. The molecule has 0 saturated heterocycles. The molecule has 0 N–H and O–H groups in total. The molecule has 0 unspecified atom stereocenters. The Kier molecular flexibility index (Phi) is 6.28. The topological polar surface area (TPSA) is 8.17 Å². The van der Waals surface area contributed by atoms with Crippen LogP contribution in [0.3, 0.4) is 0 Å². The van der Waals surface area contributed by atoms with E-state index < -0.39 is 0 Å². The number of benzene rings is 9. The van der Waals surface area contributed by atoms with Crippen LogP contribution >= 0.6 is 0 Å². The molecule has 0 aliphatic heterocycles. The van der Waals surface area contributed by atoms with Crippen molar-refractivity contribution in [1.82, 2.24) is 4.57 Å². The van der Waals surface area contributed by atoms with Crippen LogP contribution in [0.15, 0.2) is 194 Å². The van der Waals surface area contributed by atoms with Gasteiger partial charge in [0.25, 0.3) is 0 Å². The maximum atomic E-state index is 2.45. The van der Waals surface area contributed by atoms with Crippen LogP contribution in [-0.2, 0) is 0 Å². The van der Waals surface area contributed by atoms with Crippen molar-refractivity contribution in [2.75, 3.05) is 4.90 Å². The molecule has 1 aromatic heterocycles. The number of hydrogen-bond donors (Lipinski definition) is 0. The second kappa shape index (κ2) is 11.3. The van der Waals surface area contributed by atoms with Gasteiger partial charge in [-0.2, -0.15) is 0 Å². The van der Waals surface area contributed by atoms with E-state index in [1.165, 1.54) is 76.7 Å². The van der Waals surface area contributed by atoms with Crippen molar-refractivity contribution in [1.29, 1.82) is 0 Å². The molecule has 1 aliphatic rings. The summed E-state index contributed by atoms with van der Waals surface area (Å²) in [5, 5.41) is 7.77. The molecule has 10 aromatic rings. The summed E-state index contributed by atoms with van der Waals surface area (Å²) in [7, 11) is 0. The van der Waals surface area contributed by atoms with Crippen LogP contribution in [0.4, 0.5) is 17.1 Å². The molecule has 0 fully saturated rings. The van der Waals surface area contributed by atoms with Gasteiger partial charge in [-0.1, -0.05) is 127 Å². The minimum atomic E-state index is 1.11. The lowest BCUT2D eigenvalue weighted by atomic mass is 9.93. The monoisotopic (exact) mass is 660 g/mol. The molecule has 9 aromatic carbocycles. The number of aromatic nitrogens is 1. The van der Waals surface area contributed by atoms with Crippen molar-refractivity contribution < 1.29 is 0 Å². The third-order valence-corrected chi connectivity index (χ3v) is 10.9. The molecular weight excluding hydrogens is 629 g/mol. The molecule has 0 radical (unpaired) electrons. The van der Waals surface area contributed by atoms with Gasteiger partial charge in [-0.15, -0.1) is 0 Å². The second-order valence-electron chi connectivity index (χ2n) is 13.7. The molecule has 1 heterocycles. The highest BCUT2D eigenvalue weighted by atomic mass is 15.1. The van der Waals surface area contributed by atoms with Crippen LogP contribution in [0.25, 0.3) is 82.4 Å². The highest BCUT2D eigenvalue weighted by Crippen LogP contribution is 2.49. The van der Waals surface area contributed by atoms with Crippen LogP contribution < -0.4 is 4.90 Å². The molecular formula is C50H32N2. The Morgan fingerprint density at radius 3 is 1.62 bits per heavy atom. The van der Waals surface area contributed by atoms with Crippen LogP contribution in [0.2, 0.25) is 0 Å². The van der Waals surface area contributed by atoms with Gasteiger partial charge < -0.3 is 9.47 Å². The van der Waals surface area contributed by atoms with E-state index in [-0.39, 0.29) is 0 Å². The first-order valence-corrected chi connectivity index (χ1v) is 17.9. The zero-order chi connectivity index (χ0) is 34.2. The number of hydrogen-bond acceptors (Lipinski definition) is 1. The molecule has 1 aliphatic carbocycles. The van der Waals surface area contributed by atoms with E-state index in [1.54, 1.807) is 0 Å². The first kappa shape index (κ1) is 28.9. The summed E-state index contributed by atoms with van der Waals surface area (Å²) >= 11 is 0. The Morgan fingerprint density at radius 2 is 0.846 bits per heavy atom.